The van der Waals surface area contributed by atoms with E-state index in [2.05, 4.69) is 5.32 Å². The van der Waals surface area contributed by atoms with Crippen LogP contribution in [0.3, 0.4) is 0 Å². The Hall–Kier alpha value is -2.53. The number of nitrogen functional groups attached to an aromatic ring is 1. The molecule has 2 aromatic carbocycles. The number of rotatable bonds is 7. The topological polar surface area (TPSA) is 73.6 Å². The Kier molecular flexibility index (Phi) is 5.80. The molecule has 0 spiro atoms. The van der Waals surface area contributed by atoms with E-state index >= 15 is 0 Å². The molecule has 0 atom stereocenters. The minimum Gasteiger partial charge on any atom is -0.491 e. The molecule has 1 amide bonds. The normalized spacial score (nSPS) is 10.2. The van der Waals surface area contributed by atoms with Crippen molar-refractivity contribution in [3.63, 3.8) is 0 Å². The second kappa shape index (κ2) is 8.05. The van der Waals surface area contributed by atoms with Crippen molar-refractivity contribution >= 4 is 17.3 Å². The predicted molar refractivity (Wildman–Crippen MR) is 87.2 cm³/mol. The molecule has 5 heteroatoms. The van der Waals surface area contributed by atoms with Gasteiger partial charge < -0.3 is 20.5 Å². The summed E-state index contributed by atoms with van der Waals surface area (Å²) >= 11 is 0. The number of amides is 1. The van der Waals surface area contributed by atoms with Crippen molar-refractivity contribution in [2.75, 3.05) is 30.9 Å². The first kappa shape index (κ1) is 15.9. The Morgan fingerprint density at radius 2 is 1.91 bits per heavy atom. The Labute approximate surface area is 130 Å². The van der Waals surface area contributed by atoms with E-state index in [-0.39, 0.29) is 5.91 Å². The monoisotopic (exact) mass is 300 g/mol. The van der Waals surface area contributed by atoms with Crippen LogP contribution in [-0.2, 0) is 4.74 Å². The summed E-state index contributed by atoms with van der Waals surface area (Å²) in [4.78, 5) is 12.2. The average Bonchev–Trinajstić information content (AvgIpc) is 2.54. The van der Waals surface area contributed by atoms with Gasteiger partial charge in [-0.2, -0.15) is 0 Å². The molecule has 0 heterocycles. The number of nitrogens with two attached hydrogens (primary N) is 1. The van der Waals surface area contributed by atoms with Crippen molar-refractivity contribution in [2.45, 2.75) is 6.92 Å². The highest BCUT2D eigenvalue weighted by Gasteiger charge is 2.07. The molecule has 0 saturated carbocycles. The van der Waals surface area contributed by atoms with Gasteiger partial charge in [0.2, 0.25) is 0 Å². The molecule has 0 bridgehead atoms. The fourth-order valence-electron chi connectivity index (χ4n) is 1.86. The molecule has 0 unspecified atom stereocenters. The first-order valence-corrected chi connectivity index (χ1v) is 7.16. The summed E-state index contributed by atoms with van der Waals surface area (Å²) in [5.41, 5.74) is 7.50. The molecule has 0 radical (unpaired) electrons. The van der Waals surface area contributed by atoms with Crippen LogP contribution in [0, 0.1) is 0 Å². The van der Waals surface area contributed by atoms with Crippen molar-refractivity contribution < 1.29 is 14.3 Å². The Morgan fingerprint density at radius 3 is 2.64 bits per heavy atom. The molecule has 0 aliphatic rings. The summed E-state index contributed by atoms with van der Waals surface area (Å²) in [6.07, 6.45) is 0. The standard InChI is InChI=1S/C17H20N2O3/c1-2-21-10-11-22-16-5-3-4-13(12-16)17(20)19-15-8-6-14(18)7-9-15/h3-9,12H,2,10-11,18H2,1H3,(H,19,20). The molecular formula is C17H20N2O3. The van der Waals surface area contributed by atoms with Gasteiger partial charge in [-0.25, -0.2) is 0 Å². The molecule has 0 aromatic heterocycles. The zero-order chi connectivity index (χ0) is 15.8. The van der Waals surface area contributed by atoms with Crippen LogP contribution >= 0.6 is 0 Å². The second-order valence-electron chi connectivity index (χ2n) is 4.65. The summed E-state index contributed by atoms with van der Waals surface area (Å²) in [6.45, 7) is 3.57. The van der Waals surface area contributed by atoms with Gasteiger partial charge in [0.05, 0.1) is 6.61 Å². The SMILES string of the molecule is CCOCCOc1cccc(C(=O)Nc2ccc(N)cc2)c1. The van der Waals surface area contributed by atoms with Crippen LogP contribution in [0.4, 0.5) is 11.4 Å². The van der Waals surface area contributed by atoms with Crippen LogP contribution < -0.4 is 15.8 Å². The van der Waals surface area contributed by atoms with E-state index in [1.165, 1.54) is 0 Å². The number of carbonyl (C=O) groups excluding carboxylic acids is 1. The summed E-state index contributed by atoms with van der Waals surface area (Å²) in [5.74, 6) is 0.449. The summed E-state index contributed by atoms with van der Waals surface area (Å²) in [5, 5.41) is 2.81. The largest absolute Gasteiger partial charge is 0.491 e. The molecule has 2 aromatic rings. The Bertz CT molecular complexity index is 612. The lowest BCUT2D eigenvalue weighted by molar-refractivity contribution is 0.102. The zero-order valence-corrected chi connectivity index (χ0v) is 12.5. The molecule has 0 saturated heterocycles. The lowest BCUT2D eigenvalue weighted by atomic mass is 10.2. The molecule has 116 valence electrons. The van der Waals surface area contributed by atoms with Crippen molar-refractivity contribution in [2.24, 2.45) is 0 Å². The highest BCUT2D eigenvalue weighted by molar-refractivity contribution is 6.04. The first-order chi connectivity index (χ1) is 10.7. The molecule has 2 rings (SSSR count). The Morgan fingerprint density at radius 1 is 1.14 bits per heavy atom. The maximum Gasteiger partial charge on any atom is 0.255 e. The van der Waals surface area contributed by atoms with E-state index in [9.17, 15) is 4.79 Å². The highest BCUT2D eigenvalue weighted by atomic mass is 16.5. The third kappa shape index (κ3) is 4.79. The van der Waals surface area contributed by atoms with Gasteiger partial charge in [0.1, 0.15) is 12.4 Å². The van der Waals surface area contributed by atoms with Gasteiger partial charge in [-0.15, -0.1) is 0 Å². The summed E-state index contributed by atoms with van der Waals surface area (Å²) < 4.78 is 10.8. The number of hydrogen-bond donors (Lipinski definition) is 2. The van der Waals surface area contributed by atoms with E-state index in [4.69, 9.17) is 15.2 Å². The smallest absolute Gasteiger partial charge is 0.255 e. The average molecular weight is 300 g/mol. The third-order valence-corrected chi connectivity index (χ3v) is 2.97. The molecule has 3 N–H and O–H groups in total. The van der Waals surface area contributed by atoms with Crippen LogP contribution in [0.25, 0.3) is 0 Å². The van der Waals surface area contributed by atoms with E-state index < -0.39 is 0 Å². The van der Waals surface area contributed by atoms with Gasteiger partial charge in [-0.1, -0.05) is 6.07 Å². The van der Waals surface area contributed by atoms with Crippen molar-refractivity contribution in [1.29, 1.82) is 0 Å². The lowest BCUT2D eigenvalue weighted by Crippen LogP contribution is -2.12. The number of carbonyl (C=O) groups is 1. The number of nitrogens with one attached hydrogen (secondary N) is 1. The van der Waals surface area contributed by atoms with E-state index in [1.807, 2.05) is 13.0 Å². The molecule has 0 aliphatic heterocycles. The van der Waals surface area contributed by atoms with Crippen LogP contribution in [0.15, 0.2) is 48.5 Å². The molecule has 22 heavy (non-hydrogen) atoms. The molecule has 0 fully saturated rings. The lowest BCUT2D eigenvalue weighted by Gasteiger charge is -2.09. The minimum atomic E-state index is -0.194. The number of hydrogen-bond acceptors (Lipinski definition) is 4. The predicted octanol–water partition coefficient (Wildman–Crippen LogP) is 2.94. The number of anilines is 2. The van der Waals surface area contributed by atoms with Crippen molar-refractivity contribution in [3.05, 3.63) is 54.1 Å². The van der Waals surface area contributed by atoms with Crippen LogP contribution in [0.2, 0.25) is 0 Å². The van der Waals surface area contributed by atoms with Gasteiger partial charge in [-0.05, 0) is 49.4 Å². The van der Waals surface area contributed by atoms with Crippen molar-refractivity contribution in [1.82, 2.24) is 0 Å². The van der Waals surface area contributed by atoms with E-state index in [0.29, 0.717) is 42.5 Å². The summed E-state index contributed by atoms with van der Waals surface area (Å²) in [6, 6.07) is 14.0. The third-order valence-electron chi connectivity index (χ3n) is 2.97. The van der Waals surface area contributed by atoms with E-state index in [0.717, 1.165) is 0 Å². The first-order valence-electron chi connectivity index (χ1n) is 7.16. The van der Waals surface area contributed by atoms with Crippen LogP contribution in [0.1, 0.15) is 17.3 Å². The van der Waals surface area contributed by atoms with Crippen LogP contribution in [-0.4, -0.2) is 25.7 Å². The zero-order valence-electron chi connectivity index (χ0n) is 12.5. The molecular weight excluding hydrogens is 280 g/mol. The Balaban J connectivity index is 1.96. The quantitative estimate of drug-likeness (QED) is 0.609. The summed E-state index contributed by atoms with van der Waals surface area (Å²) in [7, 11) is 0. The highest BCUT2D eigenvalue weighted by Crippen LogP contribution is 2.16. The van der Waals surface area contributed by atoms with Crippen molar-refractivity contribution in [3.8, 4) is 5.75 Å². The maximum absolute atomic E-state index is 12.2. The fraction of sp³-hybridized carbons (Fsp3) is 0.235. The van der Waals surface area contributed by atoms with Crippen LogP contribution in [0.5, 0.6) is 5.75 Å². The fourth-order valence-corrected chi connectivity index (χ4v) is 1.86. The molecule has 0 aliphatic carbocycles. The number of benzene rings is 2. The van der Waals surface area contributed by atoms with Gasteiger partial charge >= 0.3 is 0 Å². The number of ether oxygens (including phenoxy) is 2. The minimum absolute atomic E-state index is 0.194. The van der Waals surface area contributed by atoms with Gasteiger partial charge in [-0.3, -0.25) is 4.79 Å². The second-order valence-corrected chi connectivity index (χ2v) is 4.65. The van der Waals surface area contributed by atoms with Gasteiger partial charge in [0.25, 0.3) is 5.91 Å². The molecule has 5 nitrogen and oxygen atoms in total. The maximum atomic E-state index is 12.2. The van der Waals surface area contributed by atoms with Gasteiger partial charge in [0, 0.05) is 23.5 Å². The van der Waals surface area contributed by atoms with E-state index in [1.54, 1.807) is 42.5 Å². The van der Waals surface area contributed by atoms with Gasteiger partial charge in [0.15, 0.2) is 0 Å².